The summed E-state index contributed by atoms with van der Waals surface area (Å²) in [6.07, 6.45) is 46.5. The molecule has 1 radical (unpaired) electrons. The van der Waals surface area contributed by atoms with Gasteiger partial charge in [0, 0.05) is 0 Å². The molecule has 0 heteroatoms. The molecule has 0 spiro atoms. The van der Waals surface area contributed by atoms with Crippen molar-refractivity contribution in [1.29, 1.82) is 0 Å². The van der Waals surface area contributed by atoms with Crippen molar-refractivity contribution < 1.29 is 0 Å². The zero-order chi connectivity index (χ0) is 17.0. The van der Waals surface area contributed by atoms with E-state index in [0.29, 0.717) is 0 Å². The minimum Gasteiger partial charge on any atom is -0.0845 e. The van der Waals surface area contributed by atoms with Gasteiger partial charge < -0.3 is 0 Å². The smallest absolute Gasteiger partial charge is 0.0276 e. The van der Waals surface area contributed by atoms with Gasteiger partial charge in [0.25, 0.3) is 0 Å². The highest BCUT2D eigenvalue weighted by molar-refractivity contribution is 5.22. The summed E-state index contributed by atoms with van der Waals surface area (Å²) < 4.78 is 0. The van der Waals surface area contributed by atoms with E-state index >= 15 is 0 Å². The Hall–Kier alpha value is -2.60. The van der Waals surface area contributed by atoms with E-state index in [2.05, 4.69) is 24.3 Å². The van der Waals surface area contributed by atoms with Crippen LogP contribution in [-0.2, 0) is 0 Å². The lowest BCUT2D eigenvalue weighted by Gasteiger charge is -1.91. The molecule has 0 N–H and O–H groups in total. The molecule has 0 fully saturated rings. The summed E-state index contributed by atoms with van der Waals surface area (Å²) in [6.45, 7) is 0. The van der Waals surface area contributed by atoms with E-state index in [1.165, 1.54) is 12.8 Å². The minimum atomic E-state index is 1.02. The van der Waals surface area contributed by atoms with Crippen LogP contribution in [0.15, 0.2) is 115 Å². The van der Waals surface area contributed by atoms with Crippen molar-refractivity contribution in [1.82, 2.24) is 0 Å². The highest BCUT2D eigenvalue weighted by atomic mass is 13.9. The average molecular weight is 315 g/mol. The molecule has 0 nitrogen and oxygen atoms in total. The summed E-state index contributed by atoms with van der Waals surface area (Å²) in [5.74, 6) is 0. The maximum Gasteiger partial charge on any atom is -0.0276 e. The average Bonchev–Trinajstić information content (AvgIpc) is 2.59. The molecule has 0 bridgehead atoms. The summed E-state index contributed by atoms with van der Waals surface area (Å²) in [5.41, 5.74) is 0. The van der Waals surface area contributed by atoms with Crippen LogP contribution in [0.5, 0.6) is 0 Å². The van der Waals surface area contributed by atoms with Crippen LogP contribution in [-0.4, -0.2) is 0 Å². The van der Waals surface area contributed by atoms with Crippen molar-refractivity contribution in [3.63, 3.8) is 0 Å². The topological polar surface area (TPSA) is 0 Å². The van der Waals surface area contributed by atoms with Crippen molar-refractivity contribution in [3.05, 3.63) is 122 Å². The Morgan fingerprint density at radius 2 is 0.833 bits per heavy atom. The van der Waals surface area contributed by atoms with E-state index in [9.17, 15) is 0 Å². The number of rotatable bonds is 0. The highest BCUT2D eigenvalue weighted by Crippen LogP contribution is 2.01. The monoisotopic (exact) mass is 315 g/mol. The molecule has 123 valence electrons. The summed E-state index contributed by atoms with van der Waals surface area (Å²) in [4.78, 5) is 0. The van der Waals surface area contributed by atoms with E-state index in [1.807, 2.05) is 97.2 Å². The number of allylic oxidation sites excluding steroid dienone is 20. The van der Waals surface area contributed by atoms with E-state index in [0.717, 1.165) is 12.8 Å². The molecule has 0 aromatic rings. The van der Waals surface area contributed by atoms with E-state index in [4.69, 9.17) is 0 Å². The quantitative estimate of drug-likeness (QED) is 0.455. The predicted molar refractivity (Wildman–Crippen MR) is 109 cm³/mol. The maximum absolute atomic E-state index is 3.30. The van der Waals surface area contributed by atoms with Crippen LogP contribution in [0, 0.1) is 6.08 Å². The Labute approximate surface area is 147 Å². The van der Waals surface area contributed by atoms with E-state index < -0.39 is 0 Å². The van der Waals surface area contributed by atoms with Crippen LogP contribution in [0.1, 0.15) is 25.7 Å². The Morgan fingerprint density at radius 1 is 0.417 bits per heavy atom. The van der Waals surface area contributed by atoms with Crippen molar-refractivity contribution in [3.8, 4) is 0 Å². The second kappa shape index (κ2) is 16.8. The fourth-order valence-corrected chi connectivity index (χ4v) is 1.83. The van der Waals surface area contributed by atoms with Crippen molar-refractivity contribution in [2.75, 3.05) is 0 Å². The molecule has 0 aliphatic heterocycles. The molecule has 24 heavy (non-hydrogen) atoms. The molecule has 0 amide bonds. The van der Waals surface area contributed by atoms with Gasteiger partial charge in [-0.15, -0.1) is 0 Å². The first-order valence-corrected chi connectivity index (χ1v) is 8.55. The zero-order valence-corrected chi connectivity index (χ0v) is 14.3. The molecule has 0 atom stereocenters. The van der Waals surface area contributed by atoms with Gasteiger partial charge in [-0.25, -0.2) is 0 Å². The van der Waals surface area contributed by atoms with Crippen LogP contribution >= 0.6 is 0 Å². The molecule has 0 heterocycles. The first-order chi connectivity index (χ1) is 12.0. The second-order valence-corrected chi connectivity index (χ2v) is 5.12. The molecule has 0 aromatic carbocycles. The molecule has 0 unspecified atom stereocenters. The summed E-state index contributed by atoms with van der Waals surface area (Å²) in [7, 11) is 0. The van der Waals surface area contributed by atoms with Gasteiger partial charge >= 0.3 is 0 Å². The van der Waals surface area contributed by atoms with Crippen LogP contribution in [0.25, 0.3) is 0 Å². The molecular weight excluding hydrogens is 288 g/mol. The van der Waals surface area contributed by atoms with Gasteiger partial charge in [0.05, 0.1) is 0 Å². The molecule has 1 aliphatic rings. The molecular formula is C24H27. The fraction of sp³-hybridized carbons (Fsp3) is 0.167. The summed E-state index contributed by atoms with van der Waals surface area (Å²) in [6, 6.07) is 0. The SMILES string of the molecule is [C]1=C/C=C\C=C\C=C\C=C\C=C\C=C/C=C/C=C/C=C/CCCC/1. The van der Waals surface area contributed by atoms with Gasteiger partial charge in [0.2, 0.25) is 0 Å². The van der Waals surface area contributed by atoms with Gasteiger partial charge in [-0.3, -0.25) is 0 Å². The highest BCUT2D eigenvalue weighted by Gasteiger charge is 1.82. The Morgan fingerprint density at radius 3 is 1.33 bits per heavy atom. The second-order valence-electron chi connectivity index (χ2n) is 5.12. The Kier molecular flexibility index (Phi) is 13.6. The molecule has 0 saturated heterocycles. The lowest BCUT2D eigenvalue weighted by atomic mass is 10.2. The molecule has 0 aromatic heterocycles. The third-order valence-electron chi connectivity index (χ3n) is 3.07. The minimum absolute atomic E-state index is 1.02. The molecule has 1 rings (SSSR count). The predicted octanol–water partition coefficient (Wildman–Crippen LogP) is 6.93. The third-order valence-corrected chi connectivity index (χ3v) is 3.07. The first kappa shape index (κ1) is 19.4. The van der Waals surface area contributed by atoms with Gasteiger partial charge in [-0.1, -0.05) is 115 Å². The third kappa shape index (κ3) is 14.3. The maximum atomic E-state index is 3.30. The van der Waals surface area contributed by atoms with Gasteiger partial charge in [-0.2, -0.15) is 0 Å². The molecule has 1 aliphatic carbocycles. The van der Waals surface area contributed by atoms with Crippen molar-refractivity contribution in [2.24, 2.45) is 0 Å². The summed E-state index contributed by atoms with van der Waals surface area (Å²) >= 11 is 0. The van der Waals surface area contributed by atoms with Gasteiger partial charge in [0.1, 0.15) is 0 Å². The first-order valence-electron chi connectivity index (χ1n) is 8.55. The zero-order valence-electron chi connectivity index (χ0n) is 14.3. The van der Waals surface area contributed by atoms with Gasteiger partial charge in [-0.05, 0) is 31.8 Å². The van der Waals surface area contributed by atoms with E-state index in [-0.39, 0.29) is 0 Å². The lowest BCUT2D eigenvalue weighted by molar-refractivity contribution is 0.754. The fourth-order valence-electron chi connectivity index (χ4n) is 1.83. The van der Waals surface area contributed by atoms with Crippen LogP contribution < -0.4 is 0 Å². The van der Waals surface area contributed by atoms with E-state index in [1.54, 1.807) is 0 Å². The van der Waals surface area contributed by atoms with Crippen LogP contribution in [0.2, 0.25) is 0 Å². The van der Waals surface area contributed by atoms with Crippen molar-refractivity contribution in [2.45, 2.75) is 25.7 Å². The lowest BCUT2D eigenvalue weighted by Crippen LogP contribution is -1.72. The summed E-state index contributed by atoms with van der Waals surface area (Å²) in [5, 5.41) is 0. The standard InChI is InChI=1S/C24H27/c1-2-4-6-8-10-12-14-16-18-20-22-24-23-21-19-17-15-13-11-9-7-5-3-1/h1-19H,20,22-24H2/b2-1+,5-3+,6-4-,9-7+,10-8+,13-11+,14-12+,17-15-,18-16+,21-19?. The van der Waals surface area contributed by atoms with Crippen molar-refractivity contribution >= 4 is 0 Å². The molecule has 0 saturated carbocycles. The van der Waals surface area contributed by atoms with Gasteiger partial charge in [0.15, 0.2) is 0 Å². The normalized spacial score (nSPS) is 30.7. The van der Waals surface area contributed by atoms with Crippen LogP contribution in [0.3, 0.4) is 0 Å². The number of hydrogen-bond donors (Lipinski definition) is 0. The largest absolute Gasteiger partial charge is 0.0845 e. The number of hydrogen-bond acceptors (Lipinski definition) is 0. The van der Waals surface area contributed by atoms with Crippen LogP contribution in [0.4, 0.5) is 0 Å². The Balaban J connectivity index is 2.54. The Bertz CT molecular complexity index is 528.